The summed E-state index contributed by atoms with van der Waals surface area (Å²) < 4.78 is 26.5. The van der Waals surface area contributed by atoms with Gasteiger partial charge in [0.05, 0.1) is 5.25 Å². The molecule has 7 heteroatoms. The highest BCUT2D eigenvalue weighted by Gasteiger charge is 2.41. The zero-order valence-corrected chi connectivity index (χ0v) is 11.5. The van der Waals surface area contributed by atoms with Crippen LogP contribution >= 0.6 is 0 Å². The molecule has 0 spiro atoms. The minimum absolute atomic E-state index is 0.233. The highest BCUT2D eigenvalue weighted by atomic mass is 32.2. The van der Waals surface area contributed by atoms with Crippen molar-refractivity contribution in [1.82, 2.24) is 14.9 Å². The van der Waals surface area contributed by atoms with Gasteiger partial charge in [0.2, 0.25) is 15.9 Å². The lowest BCUT2D eigenvalue weighted by Gasteiger charge is -2.35. The van der Waals surface area contributed by atoms with E-state index in [1.54, 1.807) is 0 Å². The van der Waals surface area contributed by atoms with E-state index in [0.29, 0.717) is 19.6 Å². The van der Waals surface area contributed by atoms with Crippen LogP contribution < -0.4 is 10.6 Å². The first-order chi connectivity index (χ1) is 8.57. The fourth-order valence-electron chi connectivity index (χ4n) is 2.76. The van der Waals surface area contributed by atoms with Gasteiger partial charge in [-0.3, -0.25) is 4.79 Å². The van der Waals surface area contributed by atoms with Gasteiger partial charge in [0.15, 0.2) is 0 Å². The van der Waals surface area contributed by atoms with Crippen molar-refractivity contribution in [2.75, 3.05) is 26.7 Å². The first-order valence-electron chi connectivity index (χ1n) is 6.50. The minimum atomic E-state index is -3.33. The molecule has 1 atom stereocenters. The Morgan fingerprint density at radius 1 is 1.33 bits per heavy atom. The Hall–Kier alpha value is -0.660. The van der Waals surface area contributed by atoms with E-state index in [-0.39, 0.29) is 11.2 Å². The van der Waals surface area contributed by atoms with Crippen LogP contribution in [0.3, 0.4) is 0 Å². The molecular weight excluding hydrogens is 254 g/mol. The zero-order chi connectivity index (χ0) is 13.2. The number of rotatable bonds is 3. The molecule has 6 nitrogen and oxygen atoms in total. The number of nitrogens with one attached hydrogen (secondary N) is 2. The molecule has 1 amide bonds. The summed E-state index contributed by atoms with van der Waals surface area (Å²) in [6.45, 7) is 1.39. The summed E-state index contributed by atoms with van der Waals surface area (Å²) in [6, 6.07) is -0.602. The van der Waals surface area contributed by atoms with Crippen molar-refractivity contribution in [3.63, 3.8) is 0 Å². The summed E-state index contributed by atoms with van der Waals surface area (Å²) in [5, 5.41) is 5.33. The number of piperazine rings is 1. The van der Waals surface area contributed by atoms with Crippen LogP contribution in [0.25, 0.3) is 0 Å². The minimum Gasteiger partial charge on any atom is -0.358 e. The lowest BCUT2D eigenvalue weighted by Crippen LogP contribution is -2.60. The first kappa shape index (κ1) is 13.8. The number of hydrogen-bond acceptors (Lipinski definition) is 4. The highest BCUT2D eigenvalue weighted by molar-refractivity contribution is 7.89. The maximum absolute atomic E-state index is 12.5. The average Bonchev–Trinajstić information content (AvgIpc) is 2.92. The molecule has 1 unspecified atom stereocenters. The van der Waals surface area contributed by atoms with Crippen LogP contribution in [-0.4, -0.2) is 56.6 Å². The third kappa shape index (κ3) is 2.53. The summed E-state index contributed by atoms with van der Waals surface area (Å²) in [5.41, 5.74) is 0. The number of sulfonamides is 1. The monoisotopic (exact) mass is 275 g/mol. The Morgan fingerprint density at radius 3 is 2.61 bits per heavy atom. The third-order valence-electron chi connectivity index (χ3n) is 3.79. The van der Waals surface area contributed by atoms with Gasteiger partial charge in [-0.2, -0.15) is 4.31 Å². The van der Waals surface area contributed by atoms with Crippen molar-refractivity contribution in [3.8, 4) is 0 Å². The van der Waals surface area contributed by atoms with Gasteiger partial charge in [-0.05, 0) is 12.8 Å². The Labute approximate surface area is 108 Å². The van der Waals surface area contributed by atoms with Crippen molar-refractivity contribution < 1.29 is 13.2 Å². The largest absolute Gasteiger partial charge is 0.358 e. The molecule has 1 aliphatic heterocycles. The smallest absolute Gasteiger partial charge is 0.239 e. The fourth-order valence-corrected chi connectivity index (χ4v) is 4.94. The second kappa shape index (κ2) is 5.54. The van der Waals surface area contributed by atoms with Gasteiger partial charge < -0.3 is 10.6 Å². The molecule has 2 rings (SSSR count). The SMILES string of the molecule is CNC(=O)C1CNCCN1S(=O)(=O)C1CCCC1. The molecule has 0 bridgehead atoms. The van der Waals surface area contributed by atoms with Crippen molar-refractivity contribution in [2.45, 2.75) is 37.0 Å². The predicted molar refractivity (Wildman–Crippen MR) is 68.6 cm³/mol. The van der Waals surface area contributed by atoms with Crippen LogP contribution in [0.2, 0.25) is 0 Å². The maximum atomic E-state index is 12.5. The van der Waals surface area contributed by atoms with E-state index in [9.17, 15) is 13.2 Å². The van der Waals surface area contributed by atoms with Gasteiger partial charge in [-0.25, -0.2) is 8.42 Å². The fraction of sp³-hybridized carbons (Fsp3) is 0.909. The molecule has 0 aromatic rings. The molecule has 1 aliphatic carbocycles. The highest BCUT2D eigenvalue weighted by Crippen LogP contribution is 2.28. The molecule has 1 saturated carbocycles. The van der Waals surface area contributed by atoms with Gasteiger partial charge in [-0.1, -0.05) is 12.8 Å². The van der Waals surface area contributed by atoms with Crippen molar-refractivity contribution in [3.05, 3.63) is 0 Å². The third-order valence-corrected chi connectivity index (χ3v) is 6.20. The van der Waals surface area contributed by atoms with Crippen LogP contribution in [0.15, 0.2) is 0 Å². The van der Waals surface area contributed by atoms with E-state index in [0.717, 1.165) is 25.7 Å². The van der Waals surface area contributed by atoms with Gasteiger partial charge in [-0.15, -0.1) is 0 Å². The molecule has 18 heavy (non-hydrogen) atoms. The van der Waals surface area contributed by atoms with E-state index in [4.69, 9.17) is 0 Å². The molecule has 1 heterocycles. The molecular formula is C11H21N3O3S. The zero-order valence-electron chi connectivity index (χ0n) is 10.7. The summed E-state index contributed by atoms with van der Waals surface area (Å²) in [6.07, 6.45) is 3.40. The van der Waals surface area contributed by atoms with Gasteiger partial charge >= 0.3 is 0 Å². The summed E-state index contributed by atoms with van der Waals surface area (Å²) in [4.78, 5) is 11.8. The second-order valence-electron chi connectivity index (χ2n) is 4.90. The molecule has 2 fully saturated rings. The van der Waals surface area contributed by atoms with Crippen molar-refractivity contribution in [2.24, 2.45) is 0 Å². The topological polar surface area (TPSA) is 78.5 Å². The summed E-state index contributed by atoms with van der Waals surface area (Å²) in [7, 11) is -1.79. The molecule has 0 aromatic heterocycles. The van der Waals surface area contributed by atoms with Gasteiger partial charge in [0.25, 0.3) is 0 Å². The normalized spacial score (nSPS) is 27.3. The Morgan fingerprint density at radius 2 is 2.00 bits per heavy atom. The number of carbonyl (C=O) groups is 1. The first-order valence-corrected chi connectivity index (χ1v) is 8.00. The van der Waals surface area contributed by atoms with E-state index >= 15 is 0 Å². The molecule has 0 aromatic carbocycles. The number of nitrogens with zero attached hydrogens (tertiary/aromatic N) is 1. The molecule has 2 aliphatic rings. The molecule has 0 radical (unpaired) electrons. The lowest BCUT2D eigenvalue weighted by atomic mass is 10.2. The van der Waals surface area contributed by atoms with E-state index < -0.39 is 16.1 Å². The van der Waals surface area contributed by atoms with E-state index in [2.05, 4.69) is 10.6 Å². The van der Waals surface area contributed by atoms with Gasteiger partial charge in [0.1, 0.15) is 6.04 Å². The van der Waals surface area contributed by atoms with Crippen LogP contribution in [0, 0.1) is 0 Å². The quantitative estimate of drug-likeness (QED) is 0.712. The second-order valence-corrected chi connectivity index (χ2v) is 7.06. The Balaban J connectivity index is 2.19. The number of amides is 1. The standard InChI is InChI=1S/C11H21N3O3S/c1-12-11(15)10-8-13-6-7-14(10)18(16,17)9-4-2-3-5-9/h9-10,13H,2-8H2,1H3,(H,12,15). The molecule has 2 N–H and O–H groups in total. The predicted octanol–water partition coefficient (Wildman–Crippen LogP) is -0.721. The summed E-state index contributed by atoms with van der Waals surface area (Å²) >= 11 is 0. The van der Waals surface area contributed by atoms with Crippen LogP contribution in [0.5, 0.6) is 0 Å². The Bertz CT molecular complexity index is 404. The van der Waals surface area contributed by atoms with Crippen LogP contribution in [0.1, 0.15) is 25.7 Å². The van der Waals surface area contributed by atoms with E-state index in [1.807, 2.05) is 0 Å². The molecule has 104 valence electrons. The van der Waals surface area contributed by atoms with Crippen LogP contribution in [-0.2, 0) is 14.8 Å². The maximum Gasteiger partial charge on any atom is 0.239 e. The van der Waals surface area contributed by atoms with Gasteiger partial charge in [0, 0.05) is 26.7 Å². The number of hydrogen-bond donors (Lipinski definition) is 2. The Kier molecular flexibility index (Phi) is 4.24. The van der Waals surface area contributed by atoms with Crippen molar-refractivity contribution >= 4 is 15.9 Å². The summed E-state index contributed by atoms with van der Waals surface area (Å²) in [5.74, 6) is -0.233. The average molecular weight is 275 g/mol. The molecule has 1 saturated heterocycles. The number of carbonyl (C=O) groups excluding carboxylic acids is 1. The number of likely N-dealkylation sites (N-methyl/N-ethyl adjacent to an activating group) is 1. The van der Waals surface area contributed by atoms with Crippen LogP contribution in [0.4, 0.5) is 0 Å². The lowest BCUT2D eigenvalue weighted by molar-refractivity contribution is -0.124. The van der Waals surface area contributed by atoms with E-state index in [1.165, 1.54) is 11.4 Å². The van der Waals surface area contributed by atoms with Crippen molar-refractivity contribution in [1.29, 1.82) is 0 Å².